The number of hydrogen-bond donors (Lipinski definition) is 1. The minimum absolute atomic E-state index is 0.0269. The fraction of sp³-hybridized carbons (Fsp3) is 0.538. The van der Waals surface area contributed by atoms with Gasteiger partial charge in [-0.3, -0.25) is 0 Å². The Labute approximate surface area is 113 Å². The lowest BCUT2D eigenvalue weighted by atomic mass is 10.1. The molecule has 0 atom stereocenters. The molecule has 0 radical (unpaired) electrons. The molecule has 106 valence electrons. The predicted octanol–water partition coefficient (Wildman–Crippen LogP) is 0.731. The van der Waals surface area contributed by atoms with Crippen LogP contribution in [0.3, 0.4) is 0 Å². The molecule has 0 aromatic heterocycles. The first kappa shape index (κ1) is 14.5. The van der Waals surface area contributed by atoms with Crippen LogP contribution in [0.4, 0.5) is 0 Å². The summed E-state index contributed by atoms with van der Waals surface area (Å²) >= 11 is 0. The van der Waals surface area contributed by atoms with Crippen molar-refractivity contribution < 1.29 is 18.3 Å². The number of hydrogen-bond acceptors (Lipinski definition) is 4. The molecule has 1 aliphatic rings. The van der Waals surface area contributed by atoms with Gasteiger partial charge in [0.25, 0.3) is 0 Å². The lowest BCUT2D eigenvalue weighted by Crippen LogP contribution is -2.34. The van der Waals surface area contributed by atoms with Gasteiger partial charge in [0.1, 0.15) is 0 Å². The molecule has 0 amide bonds. The van der Waals surface area contributed by atoms with E-state index in [1.54, 1.807) is 24.3 Å². The molecule has 0 bridgehead atoms. The largest absolute Gasteiger partial charge is 0.392 e. The first-order valence-electron chi connectivity index (χ1n) is 6.36. The van der Waals surface area contributed by atoms with Gasteiger partial charge in [-0.15, -0.1) is 0 Å². The van der Waals surface area contributed by atoms with Gasteiger partial charge in [-0.1, -0.05) is 24.3 Å². The zero-order valence-corrected chi connectivity index (χ0v) is 11.6. The molecule has 19 heavy (non-hydrogen) atoms. The van der Waals surface area contributed by atoms with E-state index in [0.29, 0.717) is 31.9 Å². The van der Waals surface area contributed by atoms with E-state index >= 15 is 0 Å². The van der Waals surface area contributed by atoms with Crippen LogP contribution in [0.25, 0.3) is 0 Å². The summed E-state index contributed by atoms with van der Waals surface area (Å²) in [7, 11) is -3.31. The van der Waals surface area contributed by atoms with Gasteiger partial charge in [0.15, 0.2) is 0 Å². The Kier molecular flexibility index (Phi) is 4.93. The second kappa shape index (κ2) is 6.47. The Morgan fingerprint density at radius 2 is 2.00 bits per heavy atom. The van der Waals surface area contributed by atoms with E-state index in [-0.39, 0.29) is 12.4 Å². The maximum absolute atomic E-state index is 12.3. The number of ether oxygens (including phenoxy) is 1. The molecule has 1 aromatic rings. The molecule has 0 unspecified atom stereocenters. The minimum Gasteiger partial charge on any atom is -0.392 e. The molecule has 1 aliphatic heterocycles. The first-order valence-corrected chi connectivity index (χ1v) is 7.97. The van der Waals surface area contributed by atoms with Crippen molar-refractivity contribution in [1.29, 1.82) is 0 Å². The second-order valence-electron chi connectivity index (χ2n) is 4.60. The average Bonchev–Trinajstić information content (AvgIpc) is 2.68. The molecule has 0 aliphatic carbocycles. The van der Waals surface area contributed by atoms with Gasteiger partial charge < -0.3 is 9.84 Å². The molecule has 1 N–H and O–H groups in total. The summed E-state index contributed by atoms with van der Waals surface area (Å²) in [6.07, 6.45) is 0.732. The van der Waals surface area contributed by atoms with Crippen molar-refractivity contribution in [1.82, 2.24) is 4.31 Å². The van der Waals surface area contributed by atoms with Crippen LogP contribution in [0.5, 0.6) is 0 Å². The standard InChI is InChI=1S/C13H19NO4S/c15-10-12-3-1-4-13(9-12)11-19(16,17)14-5-2-7-18-8-6-14/h1,3-4,9,15H,2,5-8,10-11H2. The summed E-state index contributed by atoms with van der Waals surface area (Å²) in [5, 5.41) is 9.07. The summed E-state index contributed by atoms with van der Waals surface area (Å²) in [5.74, 6) is -0.0269. The van der Waals surface area contributed by atoms with Gasteiger partial charge in [-0.05, 0) is 17.5 Å². The van der Waals surface area contributed by atoms with Crippen LogP contribution in [0.15, 0.2) is 24.3 Å². The maximum atomic E-state index is 12.3. The lowest BCUT2D eigenvalue weighted by molar-refractivity contribution is 0.148. The Balaban J connectivity index is 2.10. The second-order valence-corrected chi connectivity index (χ2v) is 6.57. The normalized spacial score (nSPS) is 18.2. The van der Waals surface area contributed by atoms with E-state index in [2.05, 4.69) is 0 Å². The molecule has 1 fully saturated rings. The van der Waals surface area contributed by atoms with Crippen LogP contribution >= 0.6 is 0 Å². The van der Waals surface area contributed by atoms with Crippen molar-refractivity contribution in [2.24, 2.45) is 0 Å². The third kappa shape index (κ3) is 4.01. The summed E-state index contributed by atoms with van der Waals surface area (Å²) in [4.78, 5) is 0. The Morgan fingerprint density at radius 3 is 2.79 bits per heavy atom. The highest BCUT2D eigenvalue weighted by Crippen LogP contribution is 2.14. The Bertz CT molecular complexity index is 507. The fourth-order valence-corrected chi connectivity index (χ4v) is 3.66. The first-order chi connectivity index (χ1) is 9.12. The van der Waals surface area contributed by atoms with E-state index in [4.69, 9.17) is 9.84 Å². The highest BCUT2D eigenvalue weighted by Gasteiger charge is 2.23. The van der Waals surface area contributed by atoms with Crippen molar-refractivity contribution in [3.63, 3.8) is 0 Å². The van der Waals surface area contributed by atoms with E-state index in [0.717, 1.165) is 12.0 Å². The fourth-order valence-electron chi connectivity index (χ4n) is 2.12. The summed E-state index contributed by atoms with van der Waals surface area (Å²) in [5.41, 5.74) is 1.43. The lowest BCUT2D eigenvalue weighted by Gasteiger charge is -2.19. The third-order valence-corrected chi connectivity index (χ3v) is 4.95. The van der Waals surface area contributed by atoms with Gasteiger partial charge in [-0.25, -0.2) is 8.42 Å². The van der Waals surface area contributed by atoms with E-state index in [1.165, 1.54) is 4.31 Å². The van der Waals surface area contributed by atoms with Crippen LogP contribution in [-0.2, 0) is 27.1 Å². The van der Waals surface area contributed by atoms with E-state index in [1.807, 2.05) is 0 Å². The summed E-state index contributed by atoms with van der Waals surface area (Å²) in [6, 6.07) is 7.04. The van der Waals surface area contributed by atoms with Crippen LogP contribution in [0.2, 0.25) is 0 Å². The zero-order valence-electron chi connectivity index (χ0n) is 10.8. The van der Waals surface area contributed by atoms with Crippen molar-refractivity contribution in [2.45, 2.75) is 18.8 Å². The molecular formula is C13H19NO4S. The molecule has 1 heterocycles. The maximum Gasteiger partial charge on any atom is 0.218 e. The highest BCUT2D eigenvalue weighted by molar-refractivity contribution is 7.88. The number of rotatable bonds is 4. The molecule has 0 spiro atoms. The Morgan fingerprint density at radius 1 is 1.21 bits per heavy atom. The van der Waals surface area contributed by atoms with Crippen LogP contribution < -0.4 is 0 Å². The monoisotopic (exact) mass is 285 g/mol. The molecule has 0 saturated carbocycles. The van der Waals surface area contributed by atoms with Gasteiger partial charge in [0.2, 0.25) is 10.0 Å². The number of nitrogens with zero attached hydrogens (tertiary/aromatic N) is 1. The number of sulfonamides is 1. The van der Waals surface area contributed by atoms with Crippen LogP contribution in [0, 0.1) is 0 Å². The van der Waals surface area contributed by atoms with Crippen molar-refractivity contribution in [3.8, 4) is 0 Å². The predicted molar refractivity (Wildman–Crippen MR) is 72.0 cm³/mol. The average molecular weight is 285 g/mol. The zero-order chi connectivity index (χ0) is 13.7. The Hall–Kier alpha value is -0.950. The van der Waals surface area contributed by atoms with Crippen molar-refractivity contribution in [3.05, 3.63) is 35.4 Å². The van der Waals surface area contributed by atoms with Crippen LogP contribution in [0.1, 0.15) is 17.5 Å². The van der Waals surface area contributed by atoms with Gasteiger partial charge in [0.05, 0.1) is 19.0 Å². The smallest absolute Gasteiger partial charge is 0.218 e. The van der Waals surface area contributed by atoms with Gasteiger partial charge in [-0.2, -0.15) is 4.31 Å². The number of aliphatic hydroxyl groups is 1. The minimum atomic E-state index is -3.31. The van der Waals surface area contributed by atoms with Crippen LogP contribution in [-0.4, -0.2) is 44.1 Å². The highest BCUT2D eigenvalue weighted by atomic mass is 32.2. The molecule has 6 heteroatoms. The van der Waals surface area contributed by atoms with Crippen molar-refractivity contribution >= 4 is 10.0 Å². The quantitative estimate of drug-likeness (QED) is 0.885. The number of benzene rings is 1. The molecular weight excluding hydrogens is 266 g/mol. The van der Waals surface area contributed by atoms with E-state index in [9.17, 15) is 8.42 Å². The molecule has 1 saturated heterocycles. The van der Waals surface area contributed by atoms with Gasteiger partial charge >= 0.3 is 0 Å². The van der Waals surface area contributed by atoms with Crippen molar-refractivity contribution in [2.75, 3.05) is 26.3 Å². The number of aliphatic hydroxyl groups excluding tert-OH is 1. The molecule has 1 aromatic carbocycles. The SMILES string of the molecule is O=S(=O)(Cc1cccc(CO)c1)N1CCCOCC1. The summed E-state index contributed by atoms with van der Waals surface area (Å²) in [6.45, 7) is 1.93. The molecule has 5 nitrogen and oxygen atoms in total. The summed E-state index contributed by atoms with van der Waals surface area (Å²) < 4.78 is 31.4. The third-order valence-electron chi connectivity index (χ3n) is 3.10. The molecule has 2 rings (SSSR count). The topological polar surface area (TPSA) is 66.8 Å². The van der Waals surface area contributed by atoms with E-state index < -0.39 is 10.0 Å². The van der Waals surface area contributed by atoms with Gasteiger partial charge in [0, 0.05) is 19.7 Å².